The Morgan fingerprint density at radius 3 is 2.77 bits per heavy atom. The Morgan fingerprint density at radius 1 is 1.54 bits per heavy atom. The number of hydrogen-bond donors (Lipinski definition) is 1. The zero-order valence-electron chi connectivity index (χ0n) is 8.67. The summed E-state index contributed by atoms with van der Waals surface area (Å²) in [4.78, 5) is 11.4. The molecule has 76 valence electrons. The van der Waals surface area contributed by atoms with Crippen molar-refractivity contribution >= 4 is 5.97 Å². The maximum Gasteiger partial charge on any atom is 0.309 e. The number of carbonyl (C=O) groups is 1. The van der Waals surface area contributed by atoms with E-state index < -0.39 is 0 Å². The van der Waals surface area contributed by atoms with Crippen LogP contribution in [-0.2, 0) is 9.53 Å². The molecule has 1 aliphatic rings. The molecule has 0 unspecified atom stereocenters. The van der Waals surface area contributed by atoms with Crippen molar-refractivity contribution in [3.05, 3.63) is 0 Å². The van der Waals surface area contributed by atoms with E-state index in [9.17, 15) is 4.79 Å². The standard InChI is InChI=1S/C10H19NO2/c1-7(2)9-6-11-5-4-8(9)10(12)13-3/h7-9,11H,4-6H2,1-3H3/t8-,9-/m1/s1. The summed E-state index contributed by atoms with van der Waals surface area (Å²) in [6, 6.07) is 0. The van der Waals surface area contributed by atoms with Crippen LogP contribution in [0.3, 0.4) is 0 Å². The molecule has 13 heavy (non-hydrogen) atoms. The first-order chi connectivity index (χ1) is 6.16. The van der Waals surface area contributed by atoms with Gasteiger partial charge >= 0.3 is 5.97 Å². The number of esters is 1. The third-order valence-electron chi connectivity index (χ3n) is 2.89. The van der Waals surface area contributed by atoms with Crippen molar-refractivity contribution in [2.75, 3.05) is 20.2 Å². The van der Waals surface area contributed by atoms with E-state index in [4.69, 9.17) is 4.74 Å². The fourth-order valence-electron chi connectivity index (χ4n) is 2.03. The largest absolute Gasteiger partial charge is 0.469 e. The summed E-state index contributed by atoms with van der Waals surface area (Å²) in [6.45, 7) is 6.20. The smallest absolute Gasteiger partial charge is 0.309 e. The molecular formula is C10H19NO2. The minimum absolute atomic E-state index is 0.0415. The van der Waals surface area contributed by atoms with Crippen molar-refractivity contribution in [1.29, 1.82) is 0 Å². The number of ether oxygens (including phenoxy) is 1. The third kappa shape index (κ3) is 2.44. The Hall–Kier alpha value is -0.570. The summed E-state index contributed by atoms with van der Waals surface area (Å²) >= 11 is 0. The van der Waals surface area contributed by atoms with Gasteiger partial charge in [0.05, 0.1) is 13.0 Å². The summed E-state index contributed by atoms with van der Waals surface area (Å²) in [6.07, 6.45) is 0.912. The second-order valence-electron chi connectivity index (χ2n) is 4.03. The zero-order chi connectivity index (χ0) is 9.84. The Morgan fingerprint density at radius 2 is 2.23 bits per heavy atom. The van der Waals surface area contributed by atoms with Gasteiger partial charge in [0.15, 0.2) is 0 Å². The van der Waals surface area contributed by atoms with Crippen LogP contribution in [0.15, 0.2) is 0 Å². The number of rotatable bonds is 2. The van der Waals surface area contributed by atoms with Crippen LogP contribution in [-0.4, -0.2) is 26.2 Å². The van der Waals surface area contributed by atoms with Crippen molar-refractivity contribution < 1.29 is 9.53 Å². The predicted octanol–water partition coefficient (Wildman–Crippen LogP) is 1.04. The molecule has 1 heterocycles. The van der Waals surface area contributed by atoms with Crippen LogP contribution in [0, 0.1) is 17.8 Å². The molecule has 2 atom stereocenters. The molecule has 3 heteroatoms. The Bertz CT molecular complexity index is 180. The number of carbonyl (C=O) groups excluding carboxylic acids is 1. The fourth-order valence-corrected chi connectivity index (χ4v) is 2.03. The average Bonchev–Trinajstić information content (AvgIpc) is 2.16. The fraction of sp³-hybridized carbons (Fsp3) is 0.900. The molecule has 0 saturated carbocycles. The maximum absolute atomic E-state index is 11.4. The molecule has 0 aromatic carbocycles. The van der Waals surface area contributed by atoms with E-state index in [-0.39, 0.29) is 11.9 Å². The highest BCUT2D eigenvalue weighted by molar-refractivity contribution is 5.72. The molecule has 0 aromatic heterocycles. The van der Waals surface area contributed by atoms with Gasteiger partial charge in [0, 0.05) is 0 Å². The van der Waals surface area contributed by atoms with Crippen molar-refractivity contribution in [3.63, 3.8) is 0 Å². The lowest BCUT2D eigenvalue weighted by molar-refractivity contribution is -0.149. The first kappa shape index (κ1) is 10.5. The van der Waals surface area contributed by atoms with Gasteiger partial charge in [-0.05, 0) is 31.3 Å². The lowest BCUT2D eigenvalue weighted by atomic mass is 9.79. The minimum atomic E-state index is -0.0415. The highest BCUT2D eigenvalue weighted by Gasteiger charge is 2.33. The molecule has 1 N–H and O–H groups in total. The van der Waals surface area contributed by atoms with Gasteiger partial charge in [-0.2, -0.15) is 0 Å². The van der Waals surface area contributed by atoms with E-state index in [2.05, 4.69) is 19.2 Å². The van der Waals surface area contributed by atoms with Crippen LogP contribution in [0.4, 0.5) is 0 Å². The highest BCUT2D eigenvalue weighted by Crippen LogP contribution is 2.26. The molecule has 3 nitrogen and oxygen atoms in total. The number of hydrogen-bond acceptors (Lipinski definition) is 3. The van der Waals surface area contributed by atoms with Crippen LogP contribution < -0.4 is 5.32 Å². The lowest BCUT2D eigenvalue weighted by Crippen LogP contribution is -2.42. The van der Waals surface area contributed by atoms with Crippen molar-refractivity contribution in [3.8, 4) is 0 Å². The van der Waals surface area contributed by atoms with Crippen LogP contribution >= 0.6 is 0 Å². The second-order valence-corrected chi connectivity index (χ2v) is 4.03. The number of nitrogens with one attached hydrogen (secondary N) is 1. The van der Waals surface area contributed by atoms with Crippen molar-refractivity contribution in [1.82, 2.24) is 5.32 Å². The van der Waals surface area contributed by atoms with E-state index in [1.54, 1.807) is 0 Å². The van der Waals surface area contributed by atoms with Gasteiger partial charge in [0.2, 0.25) is 0 Å². The van der Waals surface area contributed by atoms with Gasteiger partial charge in [0.1, 0.15) is 0 Å². The summed E-state index contributed by atoms with van der Waals surface area (Å²) in [7, 11) is 1.47. The first-order valence-corrected chi connectivity index (χ1v) is 4.95. The molecular weight excluding hydrogens is 166 g/mol. The number of piperidine rings is 1. The molecule has 0 aromatic rings. The van der Waals surface area contributed by atoms with Crippen LogP contribution in [0.5, 0.6) is 0 Å². The normalized spacial score (nSPS) is 28.9. The summed E-state index contributed by atoms with van der Waals surface area (Å²) < 4.78 is 4.80. The predicted molar refractivity (Wildman–Crippen MR) is 51.3 cm³/mol. The highest BCUT2D eigenvalue weighted by atomic mass is 16.5. The molecule has 1 aliphatic heterocycles. The van der Waals surface area contributed by atoms with E-state index in [0.29, 0.717) is 11.8 Å². The summed E-state index contributed by atoms with van der Waals surface area (Å²) in [5.41, 5.74) is 0. The molecule has 1 rings (SSSR count). The van der Waals surface area contributed by atoms with Crippen LogP contribution in [0.1, 0.15) is 20.3 Å². The Balaban J connectivity index is 2.61. The molecule has 1 saturated heterocycles. The Labute approximate surface area is 79.8 Å². The van der Waals surface area contributed by atoms with Crippen molar-refractivity contribution in [2.24, 2.45) is 17.8 Å². The molecule has 0 aliphatic carbocycles. The topological polar surface area (TPSA) is 38.3 Å². The van der Waals surface area contributed by atoms with E-state index in [1.807, 2.05) is 0 Å². The first-order valence-electron chi connectivity index (χ1n) is 4.95. The number of methoxy groups -OCH3 is 1. The van der Waals surface area contributed by atoms with Crippen LogP contribution in [0.25, 0.3) is 0 Å². The monoisotopic (exact) mass is 185 g/mol. The van der Waals surface area contributed by atoms with E-state index in [1.165, 1.54) is 7.11 Å². The SMILES string of the molecule is COC(=O)[C@@H]1CCNC[C@@H]1C(C)C. The minimum Gasteiger partial charge on any atom is -0.469 e. The maximum atomic E-state index is 11.4. The molecule has 0 bridgehead atoms. The molecule has 0 spiro atoms. The van der Waals surface area contributed by atoms with Gasteiger partial charge in [0.25, 0.3) is 0 Å². The summed E-state index contributed by atoms with van der Waals surface area (Å²) in [5, 5.41) is 3.32. The van der Waals surface area contributed by atoms with Gasteiger partial charge in [-0.3, -0.25) is 4.79 Å². The molecule has 0 amide bonds. The zero-order valence-corrected chi connectivity index (χ0v) is 8.67. The quantitative estimate of drug-likeness (QED) is 0.653. The Kier molecular flexibility index (Phi) is 3.72. The summed E-state index contributed by atoms with van der Waals surface area (Å²) in [5.74, 6) is 1.03. The van der Waals surface area contributed by atoms with Crippen LogP contribution in [0.2, 0.25) is 0 Å². The van der Waals surface area contributed by atoms with Crippen molar-refractivity contribution in [2.45, 2.75) is 20.3 Å². The average molecular weight is 185 g/mol. The third-order valence-corrected chi connectivity index (χ3v) is 2.89. The molecule has 1 fully saturated rings. The van der Waals surface area contributed by atoms with E-state index in [0.717, 1.165) is 19.5 Å². The van der Waals surface area contributed by atoms with E-state index >= 15 is 0 Å². The molecule has 0 radical (unpaired) electrons. The second kappa shape index (κ2) is 4.61. The van der Waals surface area contributed by atoms with Gasteiger partial charge < -0.3 is 10.1 Å². The van der Waals surface area contributed by atoms with Gasteiger partial charge in [-0.25, -0.2) is 0 Å². The lowest BCUT2D eigenvalue weighted by Gasteiger charge is -2.32. The van der Waals surface area contributed by atoms with Gasteiger partial charge in [-0.1, -0.05) is 13.8 Å². The van der Waals surface area contributed by atoms with Gasteiger partial charge in [-0.15, -0.1) is 0 Å².